The highest BCUT2D eigenvalue weighted by Crippen LogP contribution is 2.44. The molecule has 1 aliphatic rings. The first kappa shape index (κ1) is 17.3. The molecule has 0 aromatic heterocycles. The zero-order valence-corrected chi connectivity index (χ0v) is 13.9. The molecule has 0 spiro atoms. The second kappa shape index (κ2) is 7.49. The second-order valence-corrected chi connectivity index (χ2v) is 6.40. The molecule has 1 aromatic rings. The highest BCUT2D eigenvalue weighted by molar-refractivity contribution is 5.85. The van der Waals surface area contributed by atoms with Crippen molar-refractivity contribution in [1.82, 2.24) is 4.90 Å². The Morgan fingerprint density at radius 2 is 2.00 bits per heavy atom. The molecule has 1 aliphatic carbocycles. The number of carbonyl (C=O) groups is 2. The van der Waals surface area contributed by atoms with Gasteiger partial charge in [0.25, 0.3) is 0 Å². The number of carbonyl (C=O) groups excluding carboxylic acids is 1. The van der Waals surface area contributed by atoms with Crippen molar-refractivity contribution in [2.75, 3.05) is 20.2 Å². The molecule has 1 N–H and O–H groups in total. The monoisotopic (exact) mass is 319 g/mol. The first-order valence-electron chi connectivity index (χ1n) is 8.10. The summed E-state index contributed by atoms with van der Waals surface area (Å²) in [5.41, 5.74) is 0.272. The number of rotatable bonds is 8. The topological polar surface area (TPSA) is 66.8 Å². The number of nitrogens with zero attached hydrogens (tertiary/aromatic N) is 1. The number of aryl methyl sites for hydroxylation is 1. The predicted octanol–water partition coefficient (Wildman–Crippen LogP) is 2.87. The molecule has 126 valence electrons. The number of para-hydroxylation sites is 1. The molecule has 0 unspecified atom stereocenters. The summed E-state index contributed by atoms with van der Waals surface area (Å²) < 4.78 is 5.71. The third-order valence-corrected chi connectivity index (χ3v) is 4.67. The minimum Gasteiger partial charge on any atom is -0.493 e. The van der Waals surface area contributed by atoms with E-state index in [-0.39, 0.29) is 12.3 Å². The third kappa shape index (κ3) is 4.24. The maximum absolute atomic E-state index is 12.2. The van der Waals surface area contributed by atoms with Crippen LogP contribution in [0, 0.1) is 12.3 Å². The zero-order valence-electron chi connectivity index (χ0n) is 13.9. The second-order valence-electron chi connectivity index (χ2n) is 6.40. The summed E-state index contributed by atoms with van der Waals surface area (Å²) in [7, 11) is 1.73. The molecule has 23 heavy (non-hydrogen) atoms. The fourth-order valence-corrected chi connectivity index (χ4v) is 2.82. The lowest BCUT2D eigenvalue weighted by atomic mass is 9.66. The quantitative estimate of drug-likeness (QED) is 0.748. The predicted molar refractivity (Wildman–Crippen MR) is 87.5 cm³/mol. The molecule has 0 bridgehead atoms. The van der Waals surface area contributed by atoms with E-state index in [1.165, 1.54) is 0 Å². The summed E-state index contributed by atoms with van der Waals surface area (Å²) in [4.78, 5) is 25.1. The number of ether oxygens (including phenoxy) is 1. The van der Waals surface area contributed by atoms with E-state index in [1.54, 1.807) is 11.9 Å². The van der Waals surface area contributed by atoms with Crippen molar-refractivity contribution in [2.24, 2.45) is 5.41 Å². The van der Waals surface area contributed by atoms with Gasteiger partial charge in [0.1, 0.15) is 5.75 Å². The molecular formula is C18H25NO4. The van der Waals surface area contributed by atoms with Crippen LogP contribution in [0.5, 0.6) is 5.75 Å². The van der Waals surface area contributed by atoms with Gasteiger partial charge < -0.3 is 14.7 Å². The highest BCUT2D eigenvalue weighted by atomic mass is 16.5. The van der Waals surface area contributed by atoms with E-state index in [9.17, 15) is 14.7 Å². The van der Waals surface area contributed by atoms with Crippen molar-refractivity contribution in [3.63, 3.8) is 0 Å². The minimum absolute atomic E-state index is 0.0945. The maximum atomic E-state index is 12.2. The van der Waals surface area contributed by atoms with Gasteiger partial charge in [-0.3, -0.25) is 9.59 Å². The molecule has 0 radical (unpaired) electrons. The molecule has 2 rings (SSSR count). The van der Waals surface area contributed by atoms with Gasteiger partial charge >= 0.3 is 5.97 Å². The average molecular weight is 319 g/mol. The van der Waals surface area contributed by atoms with Crippen LogP contribution < -0.4 is 4.74 Å². The maximum Gasteiger partial charge on any atom is 0.310 e. The molecule has 1 fully saturated rings. The van der Waals surface area contributed by atoms with Crippen LogP contribution in [0.2, 0.25) is 0 Å². The summed E-state index contributed by atoms with van der Waals surface area (Å²) in [5, 5.41) is 9.29. The summed E-state index contributed by atoms with van der Waals surface area (Å²) in [6, 6.07) is 7.82. The number of hydrogen-bond acceptors (Lipinski definition) is 3. The fraction of sp³-hybridized carbons (Fsp3) is 0.556. The van der Waals surface area contributed by atoms with Crippen molar-refractivity contribution in [1.29, 1.82) is 0 Å². The standard InChI is InChI=1S/C18H25NO4/c1-14-7-3-4-8-15(14)23-12-6-11-19(2)16(20)13-18(17(21)22)9-5-10-18/h3-4,7-8H,5-6,9-13H2,1-2H3,(H,21,22). The summed E-state index contributed by atoms with van der Waals surface area (Å²) in [6.07, 6.45) is 2.94. The van der Waals surface area contributed by atoms with Gasteiger partial charge in [-0.2, -0.15) is 0 Å². The number of carboxylic acids is 1. The van der Waals surface area contributed by atoms with Gasteiger partial charge in [-0.05, 0) is 37.8 Å². The molecule has 0 saturated heterocycles. The van der Waals surface area contributed by atoms with E-state index in [0.29, 0.717) is 26.0 Å². The molecule has 0 aliphatic heterocycles. The summed E-state index contributed by atoms with van der Waals surface area (Å²) >= 11 is 0. The molecule has 1 aromatic carbocycles. The van der Waals surface area contributed by atoms with Crippen LogP contribution in [-0.2, 0) is 9.59 Å². The van der Waals surface area contributed by atoms with E-state index in [0.717, 1.165) is 24.2 Å². The number of aliphatic carboxylic acids is 1. The van der Waals surface area contributed by atoms with E-state index in [1.807, 2.05) is 31.2 Å². The Bertz CT molecular complexity index is 566. The smallest absolute Gasteiger partial charge is 0.310 e. The van der Waals surface area contributed by atoms with Crippen LogP contribution in [0.25, 0.3) is 0 Å². The third-order valence-electron chi connectivity index (χ3n) is 4.67. The highest BCUT2D eigenvalue weighted by Gasteiger charge is 2.46. The molecule has 0 atom stereocenters. The first-order valence-corrected chi connectivity index (χ1v) is 8.10. The Balaban J connectivity index is 1.72. The van der Waals surface area contributed by atoms with Crippen LogP contribution in [0.15, 0.2) is 24.3 Å². The summed E-state index contributed by atoms with van der Waals surface area (Å²) in [5.74, 6) is -0.0721. The van der Waals surface area contributed by atoms with E-state index in [4.69, 9.17) is 4.74 Å². The van der Waals surface area contributed by atoms with Crippen molar-refractivity contribution in [2.45, 2.75) is 39.0 Å². The Hall–Kier alpha value is -2.04. The number of hydrogen-bond donors (Lipinski definition) is 1. The van der Waals surface area contributed by atoms with Crippen molar-refractivity contribution >= 4 is 11.9 Å². The van der Waals surface area contributed by atoms with Crippen molar-refractivity contribution < 1.29 is 19.4 Å². The lowest BCUT2D eigenvalue weighted by Gasteiger charge is -2.38. The SMILES string of the molecule is Cc1ccccc1OCCCN(C)C(=O)CC1(C(=O)O)CCC1. The molecule has 0 heterocycles. The molecule has 5 heteroatoms. The average Bonchev–Trinajstić information content (AvgIpc) is 2.48. The van der Waals surface area contributed by atoms with Gasteiger partial charge in [-0.25, -0.2) is 0 Å². The first-order chi connectivity index (χ1) is 10.9. The van der Waals surface area contributed by atoms with E-state index < -0.39 is 11.4 Å². The number of benzene rings is 1. The van der Waals surface area contributed by atoms with Gasteiger partial charge in [0.05, 0.1) is 12.0 Å². The lowest BCUT2D eigenvalue weighted by Crippen LogP contribution is -2.43. The van der Waals surface area contributed by atoms with Gasteiger partial charge in [-0.1, -0.05) is 24.6 Å². The van der Waals surface area contributed by atoms with Crippen molar-refractivity contribution in [3.05, 3.63) is 29.8 Å². The zero-order chi connectivity index (χ0) is 16.9. The minimum atomic E-state index is -0.839. The van der Waals surface area contributed by atoms with Crippen LogP contribution in [0.3, 0.4) is 0 Å². The largest absolute Gasteiger partial charge is 0.493 e. The van der Waals surface area contributed by atoms with Gasteiger partial charge in [0, 0.05) is 20.0 Å². The lowest BCUT2D eigenvalue weighted by molar-refractivity contribution is -0.159. The van der Waals surface area contributed by atoms with Crippen molar-refractivity contribution in [3.8, 4) is 5.75 Å². The Labute approximate surface area is 137 Å². The van der Waals surface area contributed by atoms with Crippen LogP contribution in [0.1, 0.15) is 37.7 Å². The Kier molecular flexibility index (Phi) is 5.64. The van der Waals surface area contributed by atoms with Crippen LogP contribution in [0.4, 0.5) is 0 Å². The molecule has 1 saturated carbocycles. The van der Waals surface area contributed by atoms with E-state index >= 15 is 0 Å². The van der Waals surface area contributed by atoms with Gasteiger partial charge in [0.2, 0.25) is 5.91 Å². The fourth-order valence-electron chi connectivity index (χ4n) is 2.82. The molecular weight excluding hydrogens is 294 g/mol. The van der Waals surface area contributed by atoms with Crippen LogP contribution in [-0.4, -0.2) is 42.1 Å². The Morgan fingerprint density at radius 1 is 1.30 bits per heavy atom. The number of amides is 1. The van der Waals surface area contributed by atoms with Gasteiger partial charge in [0.15, 0.2) is 0 Å². The Morgan fingerprint density at radius 3 is 2.57 bits per heavy atom. The summed E-state index contributed by atoms with van der Waals surface area (Å²) in [6.45, 7) is 3.10. The van der Waals surface area contributed by atoms with Gasteiger partial charge in [-0.15, -0.1) is 0 Å². The van der Waals surface area contributed by atoms with E-state index in [2.05, 4.69) is 0 Å². The van der Waals surface area contributed by atoms with Crippen LogP contribution >= 0.6 is 0 Å². The molecule has 1 amide bonds. The molecule has 5 nitrogen and oxygen atoms in total. The number of carboxylic acid groups (broad SMARTS) is 1. The normalized spacial score (nSPS) is 15.6.